The van der Waals surface area contributed by atoms with Crippen LogP contribution in [-0.2, 0) is 19.9 Å². The fourth-order valence-electron chi connectivity index (χ4n) is 1.65. The predicted molar refractivity (Wildman–Crippen MR) is 66.6 cm³/mol. The lowest BCUT2D eigenvalue weighted by atomic mass is 10.1. The molecule has 0 aliphatic carbocycles. The first-order chi connectivity index (χ1) is 7.58. The molecule has 7 heteroatoms. The molecule has 0 radical (unpaired) electrons. The Bertz CT molecular complexity index is 511. The van der Waals surface area contributed by atoms with Crippen molar-refractivity contribution in [1.29, 1.82) is 0 Å². The van der Waals surface area contributed by atoms with Crippen molar-refractivity contribution in [3.8, 4) is 12.3 Å². The number of rotatable bonds is 3. The molecular weight excluding hydrogens is 262 g/mol. The van der Waals surface area contributed by atoms with E-state index in [0.717, 1.165) is 0 Å². The Labute approximate surface area is 103 Å². The maximum Gasteiger partial charge on any atom is 0.215 e. The molecule has 1 N–H and O–H groups in total. The largest absolute Gasteiger partial charge is 0.229 e. The molecule has 0 aromatic heterocycles. The zero-order valence-corrected chi connectivity index (χ0v) is 11.6. The van der Waals surface area contributed by atoms with Crippen LogP contribution in [0.5, 0.6) is 0 Å². The van der Waals surface area contributed by atoms with Gasteiger partial charge in [0, 0.05) is 0 Å². The highest BCUT2D eigenvalue weighted by Crippen LogP contribution is 2.20. The molecule has 0 amide bonds. The van der Waals surface area contributed by atoms with E-state index < -0.39 is 30.6 Å². The maximum atomic E-state index is 12.0. The second-order valence-corrected chi connectivity index (χ2v) is 9.03. The minimum Gasteiger partial charge on any atom is -0.229 e. The summed E-state index contributed by atoms with van der Waals surface area (Å²) in [5.41, 5.74) is -0.949. The molecule has 1 heterocycles. The van der Waals surface area contributed by atoms with Gasteiger partial charge in [-0.1, -0.05) is 5.92 Å². The van der Waals surface area contributed by atoms with Crippen molar-refractivity contribution in [3.63, 3.8) is 0 Å². The van der Waals surface area contributed by atoms with Gasteiger partial charge >= 0.3 is 0 Å². The fraction of sp³-hybridized carbons (Fsp3) is 0.800. The highest BCUT2D eigenvalue weighted by Gasteiger charge is 2.35. The quantitative estimate of drug-likeness (QED) is 0.731. The van der Waals surface area contributed by atoms with Gasteiger partial charge in [-0.2, -0.15) is 4.72 Å². The molecule has 0 atom stereocenters. The maximum absolute atomic E-state index is 12.0. The highest BCUT2D eigenvalue weighted by atomic mass is 32.2. The van der Waals surface area contributed by atoms with Gasteiger partial charge in [0.25, 0.3) is 0 Å². The van der Waals surface area contributed by atoms with Crippen LogP contribution in [0.15, 0.2) is 0 Å². The van der Waals surface area contributed by atoms with Crippen LogP contribution in [0.3, 0.4) is 0 Å². The zero-order valence-electron chi connectivity index (χ0n) is 9.93. The van der Waals surface area contributed by atoms with Crippen LogP contribution in [0.1, 0.15) is 26.7 Å². The third kappa shape index (κ3) is 3.98. The van der Waals surface area contributed by atoms with Gasteiger partial charge in [-0.05, 0) is 26.7 Å². The van der Waals surface area contributed by atoms with Gasteiger partial charge in [-0.15, -0.1) is 6.42 Å². The standard InChI is InChI=1S/C10H17NO4S2/c1-4-10(2,3)11-17(14,15)9-5-7-16(12,13)8-6-9/h1,9,11H,5-8H2,2-3H3. The van der Waals surface area contributed by atoms with Gasteiger partial charge in [0.05, 0.1) is 22.3 Å². The minimum atomic E-state index is -3.56. The Morgan fingerprint density at radius 1 is 1.29 bits per heavy atom. The van der Waals surface area contributed by atoms with Gasteiger partial charge in [0.1, 0.15) is 9.84 Å². The van der Waals surface area contributed by atoms with Crippen molar-refractivity contribution in [2.24, 2.45) is 0 Å². The van der Waals surface area contributed by atoms with E-state index in [1.54, 1.807) is 13.8 Å². The van der Waals surface area contributed by atoms with Crippen molar-refractivity contribution < 1.29 is 16.8 Å². The number of hydrogen-bond donors (Lipinski definition) is 1. The topological polar surface area (TPSA) is 80.3 Å². The van der Waals surface area contributed by atoms with Crippen LogP contribution in [0.4, 0.5) is 0 Å². The van der Waals surface area contributed by atoms with E-state index >= 15 is 0 Å². The van der Waals surface area contributed by atoms with Gasteiger partial charge in [0.15, 0.2) is 0 Å². The number of sulfone groups is 1. The Morgan fingerprint density at radius 2 is 1.76 bits per heavy atom. The Morgan fingerprint density at radius 3 is 2.18 bits per heavy atom. The van der Waals surface area contributed by atoms with E-state index in [0.29, 0.717) is 0 Å². The van der Waals surface area contributed by atoms with Gasteiger partial charge < -0.3 is 0 Å². The van der Waals surface area contributed by atoms with Crippen molar-refractivity contribution in [3.05, 3.63) is 0 Å². The number of sulfonamides is 1. The molecule has 5 nitrogen and oxygen atoms in total. The summed E-state index contributed by atoms with van der Waals surface area (Å²) in [6, 6.07) is 0. The molecule has 1 saturated heterocycles. The Kier molecular flexibility index (Phi) is 3.91. The van der Waals surface area contributed by atoms with Crippen LogP contribution in [0.25, 0.3) is 0 Å². The SMILES string of the molecule is C#CC(C)(C)NS(=O)(=O)C1CCS(=O)(=O)CC1. The van der Waals surface area contributed by atoms with Crippen LogP contribution in [-0.4, -0.2) is 39.1 Å². The van der Waals surface area contributed by atoms with Crippen molar-refractivity contribution in [1.82, 2.24) is 4.72 Å². The third-order valence-electron chi connectivity index (χ3n) is 2.70. The molecule has 17 heavy (non-hydrogen) atoms. The first kappa shape index (κ1) is 14.5. The first-order valence-corrected chi connectivity index (χ1v) is 8.66. The average molecular weight is 279 g/mol. The zero-order chi connectivity index (χ0) is 13.3. The Balaban J connectivity index is 2.78. The summed E-state index contributed by atoms with van der Waals surface area (Å²) in [4.78, 5) is 0. The second-order valence-electron chi connectivity index (χ2n) is 4.77. The normalized spacial score (nSPS) is 21.9. The smallest absolute Gasteiger partial charge is 0.215 e. The summed E-state index contributed by atoms with van der Waals surface area (Å²) in [5.74, 6) is 2.20. The lowest BCUT2D eigenvalue weighted by molar-refractivity contribution is 0.514. The van der Waals surface area contributed by atoms with Gasteiger partial charge in [-0.25, -0.2) is 16.8 Å². The summed E-state index contributed by atoms with van der Waals surface area (Å²) < 4.78 is 48.8. The van der Waals surface area contributed by atoms with E-state index in [-0.39, 0.29) is 24.3 Å². The molecule has 0 unspecified atom stereocenters. The minimum absolute atomic E-state index is 0.0743. The molecule has 0 saturated carbocycles. The average Bonchev–Trinajstić information content (AvgIpc) is 2.15. The van der Waals surface area contributed by atoms with Gasteiger partial charge in [-0.3, -0.25) is 0 Å². The van der Waals surface area contributed by atoms with E-state index in [9.17, 15) is 16.8 Å². The summed E-state index contributed by atoms with van der Waals surface area (Å²) in [6.45, 7) is 3.17. The summed E-state index contributed by atoms with van der Waals surface area (Å²) in [7, 11) is -6.62. The van der Waals surface area contributed by atoms with Crippen molar-refractivity contribution in [2.75, 3.05) is 11.5 Å². The summed E-state index contributed by atoms with van der Waals surface area (Å²) in [6.07, 6.45) is 5.49. The molecule has 98 valence electrons. The summed E-state index contributed by atoms with van der Waals surface area (Å²) >= 11 is 0. The van der Waals surface area contributed by atoms with E-state index in [4.69, 9.17) is 6.42 Å². The van der Waals surface area contributed by atoms with Crippen molar-refractivity contribution in [2.45, 2.75) is 37.5 Å². The molecule has 1 rings (SSSR count). The number of terminal acetylenes is 1. The highest BCUT2D eigenvalue weighted by molar-refractivity contribution is 7.92. The Hall–Kier alpha value is -0.580. The van der Waals surface area contributed by atoms with Crippen LogP contribution in [0.2, 0.25) is 0 Å². The molecular formula is C10H17NO4S2. The van der Waals surface area contributed by atoms with Crippen LogP contribution < -0.4 is 4.72 Å². The predicted octanol–water partition coefficient (Wildman–Crippen LogP) is -0.105. The second kappa shape index (κ2) is 4.59. The van der Waals surface area contributed by atoms with Crippen LogP contribution >= 0.6 is 0 Å². The van der Waals surface area contributed by atoms with E-state index in [2.05, 4.69) is 10.6 Å². The van der Waals surface area contributed by atoms with E-state index in [1.165, 1.54) is 0 Å². The van der Waals surface area contributed by atoms with Crippen LogP contribution in [0, 0.1) is 12.3 Å². The monoisotopic (exact) mass is 279 g/mol. The molecule has 0 aromatic carbocycles. The molecule has 1 fully saturated rings. The van der Waals surface area contributed by atoms with Gasteiger partial charge in [0.2, 0.25) is 10.0 Å². The van der Waals surface area contributed by atoms with E-state index in [1.807, 2.05) is 0 Å². The number of hydrogen-bond acceptors (Lipinski definition) is 4. The lowest BCUT2D eigenvalue weighted by Gasteiger charge is -2.26. The molecule has 1 aliphatic heterocycles. The fourth-order valence-corrected chi connectivity index (χ4v) is 5.23. The molecule has 1 aliphatic rings. The summed E-state index contributed by atoms with van der Waals surface area (Å²) in [5, 5.41) is -0.668. The first-order valence-electron chi connectivity index (χ1n) is 5.29. The lowest BCUT2D eigenvalue weighted by Crippen LogP contribution is -2.48. The molecule has 0 aromatic rings. The molecule has 0 spiro atoms. The molecule has 0 bridgehead atoms. The number of nitrogens with one attached hydrogen (secondary N) is 1. The third-order valence-corrected chi connectivity index (χ3v) is 6.56. The van der Waals surface area contributed by atoms with Crippen molar-refractivity contribution >= 4 is 19.9 Å².